The van der Waals surface area contributed by atoms with E-state index in [9.17, 15) is 0 Å². The molecule has 0 aliphatic rings. The van der Waals surface area contributed by atoms with Gasteiger partial charge in [-0.1, -0.05) is 41.9 Å². The normalized spacial score (nSPS) is 11.5. The first-order valence-electron chi connectivity index (χ1n) is 7.43. The van der Waals surface area contributed by atoms with Crippen molar-refractivity contribution in [1.29, 1.82) is 0 Å². The number of nitrogens with one attached hydrogen (secondary N) is 1. The maximum atomic E-state index is 6.27. The van der Waals surface area contributed by atoms with Gasteiger partial charge in [0, 0.05) is 12.6 Å². The maximum Gasteiger partial charge on any atom is 0.179 e. The molecule has 1 atom stereocenters. The lowest BCUT2D eigenvalue weighted by atomic mass is 10.1. The van der Waals surface area contributed by atoms with Crippen molar-refractivity contribution >= 4 is 24.0 Å². The quantitative estimate of drug-likeness (QED) is 0.756. The van der Waals surface area contributed by atoms with Crippen LogP contribution in [0.25, 0.3) is 0 Å². The van der Waals surface area contributed by atoms with Gasteiger partial charge >= 0.3 is 0 Å². The zero-order valence-corrected chi connectivity index (χ0v) is 15.2. The number of halogens is 2. The third-order valence-electron chi connectivity index (χ3n) is 3.49. The summed E-state index contributed by atoms with van der Waals surface area (Å²) in [5, 5.41) is 4.06. The fraction of sp³-hybridized carbons (Fsp3) is 0.333. The zero-order chi connectivity index (χ0) is 15.9. The van der Waals surface area contributed by atoms with Crippen LogP contribution in [0.2, 0.25) is 5.02 Å². The Kier molecular flexibility index (Phi) is 8.24. The number of hydrogen-bond donors (Lipinski definition) is 1. The number of hydrogen-bond acceptors (Lipinski definition) is 3. The summed E-state index contributed by atoms with van der Waals surface area (Å²) < 4.78 is 10.9. The van der Waals surface area contributed by atoms with Crippen molar-refractivity contribution in [1.82, 2.24) is 5.32 Å². The average Bonchev–Trinajstić information content (AvgIpc) is 2.53. The first kappa shape index (κ1) is 19.6. The van der Waals surface area contributed by atoms with E-state index >= 15 is 0 Å². The Hall–Kier alpha value is -1.42. The minimum absolute atomic E-state index is 0. The van der Waals surface area contributed by atoms with Crippen LogP contribution in [0.15, 0.2) is 42.5 Å². The summed E-state index contributed by atoms with van der Waals surface area (Å²) in [7, 11) is 1.60. The van der Waals surface area contributed by atoms with E-state index in [2.05, 4.69) is 24.4 Å². The van der Waals surface area contributed by atoms with Gasteiger partial charge in [-0.2, -0.15) is 0 Å². The van der Waals surface area contributed by atoms with Gasteiger partial charge in [0.2, 0.25) is 0 Å². The van der Waals surface area contributed by atoms with Gasteiger partial charge in [-0.3, -0.25) is 0 Å². The number of benzene rings is 2. The third kappa shape index (κ3) is 5.31. The summed E-state index contributed by atoms with van der Waals surface area (Å²) in [6.45, 7) is 5.36. The molecule has 126 valence electrons. The highest BCUT2D eigenvalue weighted by atomic mass is 35.5. The smallest absolute Gasteiger partial charge is 0.179 e. The average molecular weight is 356 g/mol. The number of ether oxygens (including phenoxy) is 2. The summed E-state index contributed by atoms with van der Waals surface area (Å²) in [6.07, 6.45) is 0. The Morgan fingerprint density at radius 3 is 2.48 bits per heavy atom. The van der Waals surface area contributed by atoms with Gasteiger partial charge in [0.25, 0.3) is 0 Å². The second kappa shape index (κ2) is 9.66. The van der Waals surface area contributed by atoms with Crippen molar-refractivity contribution in [3.63, 3.8) is 0 Å². The van der Waals surface area contributed by atoms with Crippen molar-refractivity contribution < 1.29 is 9.47 Å². The van der Waals surface area contributed by atoms with Gasteiger partial charge in [-0.15, -0.1) is 12.4 Å². The Labute approximate surface area is 149 Å². The van der Waals surface area contributed by atoms with Crippen LogP contribution in [-0.2, 0) is 6.54 Å². The number of methoxy groups -OCH3 is 1. The van der Waals surface area contributed by atoms with E-state index in [1.54, 1.807) is 7.11 Å². The van der Waals surface area contributed by atoms with Crippen molar-refractivity contribution in [2.75, 3.05) is 13.7 Å². The second-order valence-electron chi connectivity index (χ2n) is 5.06. The molecule has 0 saturated heterocycles. The molecule has 0 bridgehead atoms. The van der Waals surface area contributed by atoms with Crippen molar-refractivity contribution in [2.24, 2.45) is 0 Å². The predicted octanol–water partition coefficient (Wildman–Crippen LogP) is 5.02. The Morgan fingerprint density at radius 2 is 1.87 bits per heavy atom. The van der Waals surface area contributed by atoms with Gasteiger partial charge in [0.15, 0.2) is 11.5 Å². The minimum atomic E-state index is 0. The molecule has 0 aromatic heterocycles. The van der Waals surface area contributed by atoms with E-state index in [0.717, 1.165) is 5.56 Å². The van der Waals surface area contributed by atoms with Crippen molar-refractivity contribution in [3.8, 4) is 11.5 Å². The molecule has 2 aromatic carbocycles. The second-order valence-corrected chi connectivity index (χ2v) is 5.46. The van der Waals surface area contributed by atoms with Gasteiger partial charge in [0.1, 0.15) is 0 Å². The molecule has 0 spiro atoms. The van der Waals surface area contributed by atoms with Gasteiger partial charge < -0.3 is 14.8 Å². The van der Waals surface area contributed by atoms with E-state index in [1.807, 2.05) is 37.3 Å². The highest BCUT2D eigenvalue weighted by Gasteiger charge is 2.12. The molecular formula is C18H23Cl2NO2. The van der Waals surface area contributed by atoms with E-state index in [4.69, 9.17) is 21.1 Å². The molecule has 2 rings (SSSR count). The maximum absolute atomic E-state index is 6.27. The minimum Gasteiger partial charge on any atom is -0.491 e. The molecule has 0 radical (unpaired) electrons. The van der Waals surface area contributed by atoms with Crippen LogP contribution in [-0.4, -0.2) is 13.7 Å². The largest absolute Gasteiger partial charge is 0.491 e. The molecule has 0 aliphatic carbocycles. The molecule has 23 heavy (non-hydrogen) atoms. The number of rotatable bonds is 7. The Morgan fingerprint density at radius 1 is 1.17 bits per heavy atom. The van der Waals surface area contributed by atoms with Crippen LogP contribution in [0.4, 0.5) is 0 Å². The molecule has 0 fully saturated rings. The van der Waals surface area contributed by atoms with E-state index in [0.29, 0.717) is 29.7 Å². The fourth-order valence-corrected chi connectivity index (χ4v) is 2.63. The standard InChI is InChI=1S/C18H22ClNO2.ClH/c1-4-22-17-11-14(10-16(19)18(17)21-3)12-20-13(2)15-8-6-5-7-9-15;/h5-11,13,20H,4,12H2,1-3H3;1H. The van der Waals surface area contributed by atoms with Crippen LogP contribution in [0.5, 0.6) is 11.5 Å². The SMILES string of the molecule is CCOc1cc(CNC(C)c2ccccc2)cc(Cl)c1OC.Cl. The van der Waals surface area contributed by atoms with Gasteiger partial charge in [-0.25, -0.2) is 0 Å². The lowest BCUT2D eigenvalue weighted by Crippen LogP contribution is -2.18. The van der Waals surface area contributed by atoms with Gasteiger partial charge in [-0.05, 0) is 37.1 Å². The highest BCUT2D eigenvalue weighted by Crippen LogP contribution is 2.36. The summed E-state index contributed by atoms with van der Waals surface area (Å²) in [5.74, 6) is 1.27. The van der Waals surface area contributed by atoms with Gasteiger partial charge in [0.05, 0.1) is 18.7 Å². The summed E-state index contributed by atoms with van der Waals surface area (Å²) in [6, 6.07) is 14.5. The fourth-order valence-electron chi connectivity index (χ4n) is 2.31. The molecule has 0 amide bonds. The van der Waals surface area contributed by atoms with Crippen LogP contribution >= 0.6 is 24.0 Å². The molecule has 5 heteroatoms. The van der Waals surface area contributed by atoms with Crippen LogP contribution < -0.4 is 14.8 Å². The van der Waals surface area contributed by atoms with Crippen molar-refractivity contribution in [2.45, 2.75) is 26.4 Å². The van der Waals surface area contributed by atoms with E-state index in [1.165, 1.54) is 5.56 Å². The molecule has 0 saturated carbocycles. The van der Waals surface area contributed by atoms with E-state index in [-0.39, 0.29) is 18.4 Å². The highest BCUT2D eigenvalue weighted by molar-refractivity contribution is 6.32. The molecule has 3 nitrogen and oxygen atoms in total. The molecule has 2 aromatic rings. The molecule has 1 unspecified atom stereocenters. The summed E-state index contributed by atoms with van der Waals surface area (Å²) >= 11 is 6.27. The molecule has 1 N–H and O–H groups in total. The molecule has 0 heterocycles. The topological polar surface area (TPSA) is 30.5 Å². The predicted molar refractivity (Wildman–Crippen MR) is 98.1 cm³/mol. The summed E-state index contributed by atoms with van der Waals surface area (Å²) in [4.78, 5) is 0. The monoisotopic (exact) mass is 355 g/mol. The zero-order valence-electron chi connectivity index (χ0n) is 13.6. The summed E-state index contributed by atoms with van der Waals surface area (Å²) in [5.41, 5.74) is 2.32. The van der Waals surface area contributed by atoms with Crippen LogP contribution in [0.3, 0.4) is 0 Å². The van der Waals surface area contributed by atoms with Crippen LogP contribution in [0.1, 0.15) is 31.0 Å². The van der Waals surface area contributed by atoms with Crippen molar-refractivity contribution in [3.05, 3.63) is 58.6 Å². The van der Waals surface area contributed by atoms with E-state index < -0.39 is 0 Å². The third-order valence-corrected chi connectivity index (χ3v) is 3.77. The molecule has 0 aliphatic heterocycles. The van der Waals surface area contributed by atoms with Crippen LogP contribution in [0, 0.1) is 0 Å². The first-order chi connectivity index (χ1) is 10.7. The Bertz CT molecular complexity index is 605. The Balaban J connectivity index is 0.00000264. The first-order valence-corrected chi connectivity index (χ1v) is 7.81. The lowest BCUT2D eigenvalue weighted by Gasteiger charge is -2.16. The molecular weight excluding hydrogens is 333 g/mol. The lowest BCUT2D eigenvalue weighted by molar-refractivity contribution is 0.310.